The molecule has 4 aromatic rings. The Morgan fingerprint density at radius 1 is 0.938 bits per heavy atom. The summed E-state index contributed by atoms with van der Waals surface area (Å²) in [5, 5.41) is 0.406. The van der Waals surface area contributed by atoms with Gasteiger partial charge >= 0.3 is 0 Å². The fraction of sp³-hybridized carbons (Fsp3) is 0.120. The molecule has 0 radical (unpaired) electrons. The van der Waals surface area contributed by atoms with Gasteiger partial charge in [0.15, 0.2) is 29.3 Å². The largest absolute Gasteiger partial charge is 0.493 e. The third-order valence-electron chi connectivity index (χ3n) is 4.98. The van der Waals surface area contributed by atoms with E-state index in [1.54, 1.807) is 67.8 Å². The van der Waals surface area contributed by atoms with Crippen molar-refractivity contribution in [3.05, 3.63) is 87.2 Å². The van der Waals surface area contributed by atoms with Gasteiger partial charge in [-0.15, -0.1) is 0 Å². The lowest BCUT2D eigenvalue weighted by molar-refractivity contribution is 0.0921. The predicted molar refractivity (Wildman–Crippen MR) is 125 cm³/mol. The zero-order valence-corrected chi connectivity index (χ0v) is 19.0. The molecule has 0 fully saturated rings. The summed E-state index contributed by atoms with van der Waals surface area (Å²) < 4.78 is 22.8. The highest BCUT2D eigenvalue weighted by atomic mass is 79.9. The van der Waals surface area contributed by atoms with Crippen molar-refractivity contribution < 1.29 is 23.4 Å². The van der Waals surface area contributed by atoms with Crippen LogP contribution in [0.15, 0.2) is 80.6 Å². The average Bonchev–Trinajstić information content (AvgIpc) is 2.82. The summed E-state index contributed by atoms with van der Waals surface area (Å²) in [5.41, 5.74) is 1.79. The molecule has 162 valence electrons. The van der Waals surface area contributed by atoms with Crippen molar-refractivity contribution >= 4 is 32.7 Å². The molecule has 0 atom stereocenters. The smallest absolute Gasteiger partial charge is 0.200 e. The lowest BCUT2D eigenvalue weighted by Crippen LogP contribution is -2.11. The summed E-state index contributed by atoms with van der Waals surface area (Å²) in [5.74, 6) is 1.37. The van der Waals surface area contributed by atoms with Gasteiger partial charge in [0.2, 0.25) is 0 Å². The van der Waals surface area contributed by atoms with E-state index in [1.165, 1.54) is 13.4 Å². The zero-order chi connectivity index (χ0) is 22.7. The number of benzene rings is 3. The van der Waals surface area contributed by atoms with E-state index in [0.29, 0.717) is 44.9 Å². The second-order valence-electron chi connectivity index (χ2n) is 6.92. The molecule has 0 aliphatic rings. The molecule has 6 nitrogen and oxygen atoms in total. The molecule has 0 bridgehead atoms. The maximum atomic E-state index is 13.0. The SMILES string of the molecule is COc1ccc(-c2coc3cc(OCC(=O)c4ccc(Br)cc4)ccc3c2=O)cc1OC. The summed E-state index contributed by atoms with van der Waals surface area (Å²) in [4.78, 5) is 25.4. The highest BCUT2D eigenvalue weighted by molar-refractivity contribution is 9.10. The quantitative estimate of drug-likeness (QED) is 0.315. The first kappa shape index (κ1) is 21.6. The van der Waals surface area contributed by atoms with E-state index in [9.17, 15) is 9.59 Å². The highest BCUT2D eigenvalue weighted by Gasteiger charge is 2.13. The Labute approximate surface area is 192 Å². The Bertz CT molecular complexity index is 1340. The molecule has 7 heteroatoms. The van der Waals surface area contributed by atoms with Crippen LogP contribution in [0.25, 0.3) is 22.1 Å². The Hall–Kier alpha value is -3.58. The van der Waals surface area contributed by atoms with Crippen LogP contribution in [0, 0.1) is 0 Å². The van der Waals surface area contributed by atoms with Gasteiger partial charge in [-0.2, -0.15) is 0 Å². The van der Waals surface area contributed by atoms with Crippen molar-refractivity contribution in [2.75, 3.05) is 20.8 Å². The molecular formula is C25H19BrO6. The molecule has 0 N–H and O–H groups in total. The monoisotopic (exact) mass is 494 g/mol. The molecule has 0 spiro atoms. The lowest BCUT2D eigenvalue weighted by atomic mass is 10.0. The minimum Gasteiger partial charge on any atom is -0.493 e. The van der Waals surface area contributed by atoms with Gasteiger partial charge in [-0.1, -0.05) is 34.1 Å². The van der Waals surface area contributed by atoms with E-state index >= 15 is 0 Å². The number of methoxy groups -OCH3 is 2. The van der Waals surface area contributed by atoms with Gasteiger partial charge in [0.25, 0.3) is 0 Å². The number of Topliss-reactive ketones (excluding diaryl/α,β-unsaturated/α-hetero) is 1. The number of ether oxygens (including phenoxy) is 3. The lowest BCUT2D eigenvalue weighted by Gasteiger charge is -2.10. The number of rotatable bonds is 7. The number of hydrogen-bond acceptors (Lipinski definition) is 6. The topological polar surface area (TPSA) is 75.0 Å². The summed E-state index contributed by atoms with van der Waals surface area (Å²) >= 11 is 3.34. The average molecular weight is 495 g/mol. The molecule has 4 rings (SSSR count). The number of hydrogen-bond donors (Lipinski definition) is 0. The molecule has 1 aromatic heterocycles. The Morgan fingerprint density at radius 3 is 2.41 bits per heavy atom. The maximum absolute atomic E-state index is 13.0. The van der Waals surface area contributed by atoms with Gasteiger partial charge in [-0.25, -0.2) is 0 Å². The molecule has 3 aromatic carbocycles. The van der Waals surface area contributed by atoms with Gasteiger partial charge in [-0.05, 0) is 42.0 Å². The van der Waals surface area contributed by atoms with E-state index < -0.39 is 0 Å². The number of carbonyl (C=O) groups is 1. The molecule has 0 saturated heterocycles. The second-order valence-corrected chi connectivity index (χ2v) is 7.84. The van der Waals surface area contributed by atoms with Crippen LogP contribution in [0.3, 0.4) is 0 Å². The molecule has 32 heavy (non-hydrogen) atoms. The van der Waals surface area contributed by atoms with Crippen LogP contribution in [0.1, 0.15) is 10.4 Å². The predicted octanol–water partition coefficient (Wildman–Crippen LogP) is 5.50. The summed E-state index contributed by atoms with van der Waals surface area (Å²) in [6.07, 6.45) is 1.41. The molecular weight excluding hydrogens is 476 g/mol. The molecule has 0 amide bonds. The van der Waals surface area contributed by atoms with Gasteiger partial charge in [0, 0.05) is 16.1 Å². The van der Waals surface area contributed by atoms with Crippen LogP contribution >= 0.6 is 15.9 Å². The summed E-state index contributed by atoms with van der Waals surface area (Å²) in [6.45, 7) is -0.124. The van der Waals surface area contributed by atoms with Crippen LogP contribution < -0.4 is 19.6 Å². The highest BCUT2D eigenvalue weighted by Crippen LogP contribution is 2.32. The van der Waals surface area contributed by atoms with Gasteiger partial charge in [0.1, 0.15) is 17.6 Å². The van der Waals surface area contributed by atoms with Crippen LogP contribution in [0.2, 0.25) is 0 Å². The third-order valence-corrected chi connectivity index (χ3v) is 5.51. The van der Waals surface area contributed by atoms with Crippen LogP contribution in [0.4, 0.5) is 0 Å². The molecule has 0 aliphatic carbocycles. The van der Waals surface area contributed by atoms with Crippen molar-refractivity contribution in [3.8, 4) is 28.4 Å². The maximum Gasteiger partial charge on any atom is 0.200 e. The third kappa shape index (κ3) is 4.38. The number of carbonyl (C=O) groups excluding carboxylic acids is 1. The number of fused-ring (bicyclic) bond motifs is 1. The van der Waals surface area contributed by atoms with Crippen molar-refractivity contribution in [1.82, 2.24) is 0 Å². The Balaban J connectivity index is 1.58. The molecule has 0 aliphatic heterocycles. The second kappa shape index (κ2) is 9.28. The number of ketones is 1. The van der Waals surface area contributed by atoms with Crippen molar-refractivity contribution in [1.29, 1.82) is 0 Å². The zero-order valence-electron chi connectivity index (χ0n) is 17.4. The van der Waals surface area contributed by atoms with Crippen molar-refractivity contribution in [3.63, 3.8) is 0 Å². The van der Waals surface area contributed by atoms with Gasteiger partial charge in [0.05, 0.1) is 25.2 Å². The van der Waals surface area contributed by atoms with Crippen LogP contribution in [0.5, 0.6) is 17.2 Å². The number of halogens is 1. The molecule has 0 unspecified atom stereocenters. The summed E-state index contributed by atoms with van der Waals surface area (Å²) in [7, 11) is 3.08. The fourth-order valence-corrected chi connectivity index (χ4v) is 3.53. The fourth-order valence-electron chi connectivity index (χ4n) is 3.27. The van der Waals surface area contributed by atoms with E-state index in [-0.39, 0.29) is 17.8 Å². The van der Waals surface area contributed by atoms with Crippen LogP contribution in [-0.2, 0) is 0 Å². The van der Waals surface area contributed by atoms with E-state index in [0.717, 1.165) is 4.47 Å². The normalized spacial score (nSPS) is 10.7. The van der Waals surface area contributed by atoms with Gasteiger partial charge in [-0.3, -0.25) is 9.59 Å². The van der Waals surface area contributed by atoms with Gasteiger partial charge < -0.3 is 18.6 Å². The molecule has 0 saturated carbocycles. The van der Waals surface area contributed by atoms with E-state index in [4.69, 9.17) is 18.6 Å². The van der Waals surface area contributed by atoms with E-state index in [2.05, 4.69) is 15.9 Å². The Morgan fingerprint density at radius 2 is 1.69 bits per heavy atom. The summed E-state index contributed by atoms with van der Waals surface area (Å²) in [6, 6.07) is 17.2. The van der Waals surface area contributed by atoms with E-state index in [1.807, 2.05) is 0 Å². The first-order valence-corrected chi connectivity index (χ1v) is 10.5. The van der Waals surface area contributed by atoms with Crippen LogP contribution in [-0.4, -0.2) is 26.6 Å². The minimum atomic E-state index is -0.184. The first-order chi connectivity index (χ1) is 15.5. The van der Waals surface area contributed by atoms with Crippen molar-refractivity contribution in [2.24, 2.45) is 0 Å². The van der Waals surface area contributed by atoms with Crippen molar-refractivity contribution in [2.45, 2.75) is 0 Å². The minimum absolute atomic E-state index is 0.124. The Kier molecular flexibility index (Phi) is 6.28. The first-order valence-electron chi connectivity index (χ1n) is 9.69. The standard InChI is InChI=1S/C25H19BrO6/c1-29-22-10-5-16(11-24(22)30-2)20-13-32-23-12-18(8-9-19(23)25(20)28)31-14-21(27)15-3-6-17(26)7-4-15/h3-13H,14H2,1-2H3. The molecule has 1 heterocycles.